The van der Waals surface area contributed by atoms with Gasteiger partial charge in [-0.3, -0.25) is 0 Å². The molecule has 0 amide bonds. The van der Waals surface area contributed by atoms with Gasteiger partial charge in [-0.15, -0.1) is 0 Å². The lowest BCUT2D eigenvalue weighted by atomic mass is 9.71. The zero-order chi connectivity index (χ0) is 9.73. The van der Waals surface area contributed by atoms with E-state index < -0.39 is 0 Å². The summed E-state index contributed by atoms with van der Waals surface area (Å²) < 4.78 is 10.7. The SMILES string of the molecule is COCC(C)OCC1(CS)CCC1. The molecule has 1 fully saturated rings. The fraction of sp³-hybridized carbons (Fsp3) is 1.00. The molecule has 1 aliphatic carbocycles. The molecule has 0 radical (unpaired) electrons. The highest BCUT2D eigenvalue weighted by Gasteiger charge is 2.36. The molecule has 1 atom stereocenters. The Morgan fingerprint density at radius 1 is 1.46 bits per heavy atom. The van der Waals surface area contributed by atoms with Crippen molar-refractivity contribution in [1.82, 2.24) is 0 Å². The van der Waals surface area contributed by atoms with Gasteiger partial charge in [0.15, 0.2) is 0 Å². The summed E-state index contributed by atoms with van der Waals surface area (Å²) in [5.41, 5.74) is 0.380. The molecule has 0 spiro atoms. The number of thiol groups is 1. The first kappa shape index (κ1) is 11.3. The summed E-state index contributed by atoms with van der Waals surface area (Å²) in [6, 6.07) is 0. The van der Waals surface area contributed by atoms with Gasteiger partial charge in [-0.25, -0.2) is 0 Å². The van der Waals surface area contributed by atoms with Gasteiger partial charge in [-0.2, -0.15) is 12.6 Å². The Labute approximate surface area is 86.4 Å². The van der Waals surface area contributed by atoms with Crippen LogP contribution in [0.4, 0.5) is 0 Å². The number of rotatable bonds is 6. The Morgan fingerprint density at radius 2 is 2.15 bits per heavy atom. The predicted molar refractivity (Wildman–Crippen MR) is 57.4 cm³/mol. The normalized spacial score (nSPS) is 22.4. The van der Waals surface area contributed by atoms with Crippen molar-refractivity contribution in [1.29, 1.82) is 0 Å². The number of methoxy groups -OCH3 is 1. The zero-order valence-electron chi connectivity index (χ0n) is 8.58. The van der Waals surface area contributed by atoms with Gasteiger partial charge in [-0.1, -0.05) is 6.42 Å². The molecule has 1 unspecified atom stereocenters. The van der Waals surface area contributed by atoms with E-state index in [-0.39, 0.29) is 6.10 Å². The number of hydrogen-bond acceptors (Lipinski definition) is 3. The van der Waals surface area contributed by atoms with Gasteiger partial charge in [0.05, 0.1) is 19.3 Å². The van der Waals surface area contributed by atoms with Crippen LogP contribution >= 0.6 is 12.6 Å². The summed E-state index contributed by atoms with van der Waals surface area (Å²) in [6.07, 6.45) is 4.09. The van der Waals surface area contributed by atoms with Crippen LogP contribution in [0.1, 0.15) is 26.2 Å². The second-order valence-electron chi connectivity index (χ2n) is 4.09. The third-order valence-corrected chi connectivity index (χ3v) is 3.50. The van der Waals surface area contributed by atoms with Gasteiger partial charge < -0.3 is 9.47 Å². The zero-order valence-corrected chi connectivity index (χ0v) is 9.48. The topological polar surface area (TPSA) is 18.5 Å². The average molecular weight is 204 g/mol. The van der Waals surface area contributed by atoms with Gasteiger partial charge in [0.25, 0.3) is 0 Å². The van der Waals surface area contributed by atoms with Crippen LogP contribution in [-0.2, 0) is 9.47 Å². The second kappa shape index (κ2) is 5.23. The van der Waals surface area contributed by atoms with Crippen LogP contribution in [-0.4, -0.2) is 32.2 Å². The van der Waals surface area contributed by atoms with E-state index in [9.17, 15) is 0 Å². The van der Waals surface area contributed by atoms with E-state index in [4.69, 9.17) is 9.47 Å². The number of hydrogen-bond donors (Lipinski definition) is 1. The maximum Gasteiger partial charge on any atom is 0.0780 e. The quantitative estimate of drug-likeness (QED) is 0.668. The lowest BCUT2D eigenvalue weighted by Crippen LogP contribution is -2.37. The molecule has 0 aromatic heterocycles. The summed E-state index contributed by atoms with van der Waals surface area (Å²) >= 11 is 4.38. The minimum atomic E-state index is 0.211. The molecule has 0 aliphatic heterocycles. The molecule has 0 N–H and O–H groups in total. The van der Waals surface area contributed by atoms with Crippen molar-refractivity contribution in [3.05, 3.63) is 0 Å². The first-order valence-corrected chi connectivity index (χ1v) is 5.57. The van der Waals surface area contributed by atoms with Crippen LogP contribution in [0.25, 0.3) is 0 Å². The maximum absolute atomic E-state index is 5.71. The van der Waals surface area contributed by atoms with E-state index >= 15 is 0 Å². The highest BCUT2D eigenvalue weighted by atomic mass is 32.1. The van der Waals surface area contributed by atoms with E-state index in [1.54, 1.807) is 7.11 Å². The maximum atomic E-state index is 5.71. The van der Waals surface area contributed by atoms with Crippen molar-refractivity contribution in [3.8, 4) is 0 Å². The van der Waals surface area contributed by atoms with Crippen molar-refractivity contribution >= 4 is 12.6 Å². The van der Waals surface area contributed by atoms with E-state index in [1.165, 1.54) is 19.3 Å². The van der Waals surface area contributed by atoms with E-state index in [0.29, 0.717) is 12.0 Å². The molecule has 0 aromatic carbocycles. The molecule has 1 rings (SSSR count). The Balaban J connectivity index is 2.16. The first-order valence-electron chi connectivity index (χ1n) is 4.94. The molecule has 3 heteroatoms. The van der Waals surface area contributed by atoms with E-state index in [2.05, 4.69) is 12.6 Å². The Hall–Kier alpha value is 0.270. The smallest absolute Gasteiger partial charge is 0.0780 e. The van der Waals surface area contributed by atoms with Crippen LogP contribution in [0.15, 0.2) is 0 Å². The van der Waals surface area contributed by atoms with Crippen LogP contribution in [0, 0.1) is 5.41 Å². The molecule has 0 aromatic rings. The molecule has 0 heterocycles. The standard InChI is InChI=1S/C10H20O2S/c1-9(6-11-2)12-7-10(8-13)4-3-5-10/h9,13H,3-8H2,1-2H3. The van der Waals surface area contributed by atoms with Gasteiger partial charge >= 0.3 is 0 Å². The Morgan fingerprint density at radius 3 is 2.54 bits per heavy atom. The predicted octanol–water partition coefficient (Wildman–Crippen LogP) is 2.14. The second-order valence-corrected chi connectivity index (χ2v) is 4.40. The molecular weight excluding hydrogens is 184 g/mol. The van der Waals surface area contributed by atoms with Crippen LogP contribution in [0.2, 0.25) is 0 Å². The molecule has 0 saturated heterocycles. The Kier molecular flexibility index (Phi) is 4.56. The monoisotopic (exact) mass is 204 g/mol. The minimum absolute atomic E-state index is 0.211. The fourth-order valence-corrected chi connectivity index (χ4v) is 2.03. The third-order valence-electron chi connectivity index (χ3n) is 2.83. The molecule has 0 bridgehead atoms. The van der Waals surface area contributed by atoms with E-state index in [1.807, 2.05) is 6.92 Å². The number of ether oxygens (including phenoxy) is 2. The van der Waals surface area contributed by atoms with Gasteiger partial charge in [0, 0.05) is 12.5 Å². The Bertz CT molecular complexity index is 140. The lowest BCUT2D eigenvalue weighted by Gasteiger charge is -2.41. The average Bonchev–Trinajstić information content (AvgIpc) is 2.04. The molecule has 78 valence electrons. The van der Waals surface area contributed by atoms with E-state index in [0.717, 1.165) is 12.4 Å². The molecule has 1 aliphatic rings. The van der Waals surface area contributed by atoms with Crippen molar-refractivity contribution in [2.24, 2.45) is 5.41 Å². The van der Waals surface area contributed by atoms with Gasteiger partial charge in [0.2, 0.25) is 0 Å². The fourth-order valence-electron chi connectivity index (χ4n) is 1.63. The van der Waals surface area contributed by atoms with Crippen LogP contribution in [0.3, 0.4) is 0 Å². The largest absolute Gasteiger partial charge is 0.382 e. The van der Waals surface area contributed by atoms with Gasteiger partial charge in [0.1, 0.15) is 0 Å². The highest BCUT2D eigenvalue weighted by Crippen LogP contribution is 2.42. The summed E-state index contributed by atoms with van der Waals surface area (Å²) in [4.78, 5) is 0. The first-order chi connectivity index (χ1) is 6.22. The van der Waals surface area contributed by atoms with Gasteiger partial charge in [-0.05, 0) is 25.5 Å². The molecule has 13 heavy (non-hydrogen) atoms. The summed E-state index contributed by atoms with van der Waals surface area (Å²) in [5.74, 6) is 0.951. The van der Waals surface area contributed by atoms with Crippen LogP contribution < -0.4 is 0 Å². The summed E-state index contributed by atoms with van der Waals surface area (Å²) in [5, 5.41) is 0. The lowest BCUT2D eigenvalue weighted by molar-refractivity contribution is -0.0506. The molecule has 1 saturated carbocycles. The summed E-state index contributed by atoms with van der Waals surface area (Å²) in [6.45, 7) is 3.58. The van der Waals surface area contributed by atoms with Crippen molar-refractivity contribution in [2.45, 2.75) is 32.3 Å². The third kappa shape index (κ3) is 3.15. The van der Waals surface area contributed by atoms with Crippen molar-refractivity contribution < 1.29 is 9.47 Å². The molecular formula is C10H20O2S. The highest BCUT2D eigenvalue weighted by molar-refractivity contribution is 7.80. The van der Waals surface area contributed by atoms with Crippen molar-refractivity contribution in [3.63, 3.8) is 0 Å². The minimum Gasteiger partial charge on any atom is -0.382 e. The van der Waals surface area contributed by atoms with Crippen molar-refractivity contribution in [2.75, 3.05) is 26.1 Å². The molecule has 2 nitrogen and oxygen atoms in total. The summed E-state index contributed by atoms with van der Waals surface area (Å²) in [7, 11) is 1.71. The van der Waals surface area contributed by atoms with Crippen LogP contribution in [0.5, 0.6) is 0 Å².